The molecule has 0 fully saturated rings. The Morgan fingerprint density at radius 2 is 1.94 bits per heavy atom. The topological polar surface area (TPSA) is 41.5 Å². The van der Waals surface area contributed by atoms with Crippen molar-refractivity contribution in [3.8, 4) is 5.75 Å². The van der Waals surface area contributed by atoms with Gasteiger partial charge in [0, 0.05) is 6.04 Å². The summed E-state index contributed by atoms with van der Waals surface area (Å²) in [5.41, 5.74) is 1.22. The molecular formula is C13H21NO2. The molecule has 0 saturated carbocycles. The molecule has 0 heterocycles. The molecule has 0 radical (unpaired) electrons. The molecule has 0 amide bonds. The molecule has 0 aliphatic rings. The summed E-state index contributed by atoms with van der Waals surface area (Å²) in [7, 11) is 0. The normalized spacial score (nSPS) is 14.5. The van der Waals surface area contributed by atoms with E-state index in [0.717, 1.165) is 12.2 Å². The molecule has 0 bridgehead atoms. The quantitative estimate of drug-likeness (QED) is 0.725. The van der Waals surface area contributed by atoms with Gasteiger partial charge in [0.15, 0.2) is 0 Å². The van der Waals surface area contributed by atoms with E-state index >= 15 is 0 Å². The molecule has 3 nitrogen and oxygen atoms in total. The van der Waals surface area contributed by atoms with Crippen LogP contribution in [0.5, 0.6) is 5.75 Å². The molecule has 0 aromatic heterocycles. The molecule has 0 aliphatic heterocycles. The molecule has 0 aliphatic carbocycles. The summed E-state index contributed by atoms with van der Waals surface area (Å²) in [4.78, 5) is 0. The summed E-state index contributed by atoms with van der Waals surface area (Å²) in [5, 5.41) is 12.3. The van der Waals surface area contributed by atoms with Crippen molar-refractivity contribution in [3.05, 3.63) is 29.8 Å². The molecular weight excluding hydrogens is 202 g/mol. The van der Waals surface area contributed by atoms with Crippen molar-refractivity contribution in [3.63, 3.8) is 0 Å². The van der Waals surface area contributed by atoms with Crippen LogP contribution in [0.3, 0.4) is 0 Å². The van der Waals surface area contributed by atoms with Crippen molar-refractivity contribution in [2.24, 2.45) is 0 Å². The van der Waals surface area contributed by atoms with Crippen molar-refractivity contribution >= 4 is 0 Å². The summed E-state index contributed by atoms with van der Waals surface area (Å²) in [6, 6.07) is 8.04. The number of aliphatic hydroxyl groups is 1. The lowest BCUT2D eigenvalue weighted by molar-refractivity contribution is 0.137. The van der Waals surface area contributed by atoms with Crippen molar-refractivity contribution in [1.82, 2.24) is 5.32 Å². The zero-order valence-electron chi connectivity index (χ0n) is 10.2. The molecule has 0 spiro atoms. The van der Waals surface area contributed by atoms with E-state index < -0.39 is 0 Å². The van der Waals surface area contributed by atoms with Crippen LogP contribution in [0.15, 0.2) is 24.3 Å². The second kappa shape index (κ2) is 6.51. The number of hydrogen-bond donors (Lipinski definition) is 2. The maximum atomic E-state index is 9.06. The molecule has 2 unspecified atom stereocenters. The smallest absolute Gasteiger partial charge is 0.147 e. The monoisotopic (exact) mass is 223 g/mol. The summed E-state index contributed by atoms with van der Waals surface area (Å²) in [6.07, 6.45) is 0.790. The van der Waals surface area contributed by atoms with Gasteiger partial charge < -0.3 is 9.84 Å². The van der Waals surface area contributed by atoms with E-state index in [9.17, 15) is 0 Å². The number of nitrogens with one attached hydrogen (secondary N) is 1. The summed E-state index contributed by atoms with van der Waals surface area (Å²) >= 11 is 0. The van der Waals surface area contributed by atoms with Crippen LogP contribution < -0.4 is 10.1 Å². The minimum Gasteiger partial charge on any atom is -0.476 e. The van der Waals surface area contributed by atoms with Crippen LogP contribution in [0.1, 0.15) is 25.8 Å². The van der Waals surface area contributed by atoms with Gasteiger partial charge >= 0.3 is 0 Å². The lowest BCUT2D eigenvalue weighted by Crippen LogP contribution is -2.41. The molecule has 90 valence electrons. The fraction of sp³-hybridized carbons (Fsp3) is 0.538. The molecule has 2 atom stereocenters. The third-order valence-corrected chi connectivity index (χ3v) is 2.52. The maximum absolute atomic E-state index is 9.06. The van der Waals surface area contributed by atoms with E-state index in [4.69, 9.17) is 9.84 Å². The molecule has 16 heavy (non-hydrogen) atoms. The van der Waals surface area contributed by atoms with Gasteiger partial charge in [0.05, 0.1) is 6.61 Å². The first-order valence-corrected chi connectivity index (χ1v) is 5.76. The molecule has 1 aromatic rings. The van der Waals surface area contributed by atoms with Crippen LogP contribution in [0, 0.1) is 6.92 Å². The third kappa shape index (κ3) is 4.21. The Bertz CT molecular complexity index is 293. The molecule has 1 rings (SSSR count). The highest BCUT2D eigenvalue weighted by Crippen LogP contribution is 2.12. The number of aliphatic hydroxyl groups excluding tert-OH is 1. The second-order valence-corrected chi connectivity index (χ2v) is 4.03. The van der Waals surface area contributed by atoms with Gasteiger partial charge in [-0.25, -0.2) is 0 Å². The van der Waals surface area contributed by atoms with E-state index in [-0.39, 0.29) is 18.9 Å². The summed E-state index contributed by atoms with van der Waals surface area (Å²) in [6.45, 7) is 6.16. The Morgan fingerprint density at radius 1 is 1.31 bits per heavy atom. The number of aryl methyl sites for hydroxylation is 1. The molecule has 0 saturated heterocycles. The van der Waals surface area contributed by atoms with Crippen molar-refractivity contribution in [2.45, 2.75) is 39.5 Å². The van der Waals surface area contributed by atoms with Gasteiger partial charge in [0.2, 0.25) is 0 Å². The number of hydrogen-bond acceptors (Lipinski definition) is 3. The average molecular weight is 223 g/mol. The first-order chi connectivity index (χ1) is 7.65. The van der Waals surface area contributed by atoms with Crippen molar-refractivity contribution < 1.29 is 9.84 Å². The fourth-order valence-electron chi connectivity index (χ4n) is 1.49. The van der Waals surface area contributed by atoms with Crippen LogP contribution in [-0.2, 0) is 0 Å². The van der Waals surface area contributed by atoms with Crippen LogP contribution in [0.25, 0.3) is 0 Å². The lowest BCUT2D eigenvalue weighted by atomic mass is 10.2. The Morgan fingerprint density at radius 3 is 2.44 bits per heavy atom. The van der Waals surface area contributed by atoms with Gasteiger partial charge in [0.1, 0.15) is 12.0 Å². The standard InChI is InChI=1S/C13H21NO2/c1-4-12(9-15)14-11(3)16-13-7-5-10(2)6-8-13/h5-8,11-12,14-15H,4,9H2,1-3H3. The SMILES string of the molecule is CCC(CO)NC(C)Oc1ccc(C)cc1. The van der Waals surface area contributed by atoms with E-state index in [1.165, 1.54) is 5.56 Å². The summed E-state index contributed by atoms with van der Waals surface area (Å²) < 4.78 is 5.68. The molecule has 3 heteroatoms. The minimum atomic E-state index is -0.0974. The van der Waals surface area contributed by atoms with E-state index in [0.29, 0.717) is 0 Å². The van der Waals surface area contributed by atoms with Crippen molar-refractivity contribution in [2.75, 3.05) is 6.61 Å². The van der Waals surface area contributed by atoms with E-state index in [2.05, 4.69) is 5.32 Å². The minimum absolute atomic E-state index is 0.0974. The number of benzene rings is 1. The van der Waals surface area contributed by atoms with E-state index in [1.54, 1.807) is 0 Å². The Hall–Kier alpha value is -1.06. The van der Waals surface area contributed by atoms with Gasteiger partial charge in [-0.05, 0) is 32.4 Å². The predicted octanol–water partition coefficient (Wildman–Crippen LogP) is 2.08. The van der Waals surface area contributed by atoms with Crippen LogP contribution in [0.2, 0.25) is 0 Å². The van der Waals surface area contributed by atoms with Gasteiger partial charge in [0.25, 0.3) is 0 Å². The van der Waals surface area contributed by atoms with Gasteiger partial charge in [-0.15, -0.1) is 0 Å². The van der Waals surface area contributed by atoms with Crippen LogP contribution >= 0.6 is 0 Å². The average Bonchev–Trinajstić information content (AvgIpc) is 2.29. The lowest BCUT2D eigenvalue weighted by Gasteiger charge is -2.21. The largest absolute Gasteiger partial charge is 0.476 e. The number of rotatable bonds is 6. The van der Waals surface area contributed by atoms with Gasteiger partial charge in [-0.1, -0.05) is 24.6 Å². The van der Waals surface area contributed by atoms with E-state index in [1.807, 2.05) is 45.0 Å². The Kier molecular flexibility index (Phi) is 5.29. The Balaban J connectivity index is 2.44. The highest BCUT2D eigenvalue weighted by molar-refractivity contribution is 5.26. The number of ether oxygens (including phenoxy) is 1. The highest BCUT2D eigenvalue weighted by atomic mass is 16.5. The molecule has 1 aromatic carbocycles. The summed E-state index contributed by atoms with van der Waals surface area (Å²) in [5.74, 6) is 0.846. The first-order valence-electron chi connectivity index (χ1n) is 5.76. The third-order valence-electron chi connectivity index (χ3n) is 2.52. The van der Waals surface area contributed by atoms with Crippen LogP contribution in [0.4, 0.5) is 0 Å². The highest BCUT2D eigenvalue weighted by Gasteiger charge is 2.09. The predicted molar refractivity (Wildman–Crippen MR) is 65.6 cm³/mol. The molecule has 2 N–H and O–H groups in total. The van der Waals surface area contributed by atoms with Crippen molar-refractivity contribution in [1.29, 1.82) is 0 Å². The van der Waals surface area contributed by atoms with Crippen LogP contribution in [-0.4, -0.2) is 24.0 Å². The van der Waals surface area contributed by atoms with Gasteiger partial charge in [-0.3, -0.25) is 5.32 Å². The second-order valence-electron chi connectivity index (χ2n) is 4.03. The zero-order valence-corrected chi connectivity index (χ0v) is 10.2. The fourth-order valence-corrected chi connectivity index (χ4v) is 1.49. The van der Waals surface area contributed by atoms with Gasteiger partial charge in [-0.2, -0.15) is 0 Å². The maximum Gasteiger partial charge on any atom is 0.147 e. The zero-order chi connectivity index (χ0) is 12.0. The Labute approximate surface area is 97.4 Å². The first kappa shape index (κ1) is 13.0.